The third-order valence-corrected chi connectivity index (χ3v) is 6.39. The van der Waals surface area contributed by atoms with E-state index in [1.165, 1.54) is 43.6 Å². The summed E-state index contributed by atoms with van der Waals surface area (Å²) < 4.78 is 0. The Kier molecular flexibility index (Phi) is 8.16. The number of para-hydroxylation sites is 2. The van der Waals surface area contributed by atoms with Crippen LogP contribution in [0.2, 0.25) is 0 Å². The van der Waals surface area contributed by atoms with Crippen molar-refractivity contribution in [1.82, 2.24) is 15.4 Å². The summed E-state index contributed by atoms with van der Waals surface area (Å²) in [7, 11) is 0. The third kappa shape index (κ3) is 5.47. The zero-order valence-electron chi connectivity index (χ0n) is 20.2. The first kappa shape index (κ1) is 25.9. The highest BCUT2D eigenvalue weighted by Crippen LogP contribution is 2.34. The molecule has 5 N–H and O–H groups in total. The van der Waals surface area contributed by atoms with Crippen LogP contribution in [0.3, 0.4) is 0 Å². The standard InChI is InChI=1S/C18H12N2.C6H7N2.C6H8O2.ClH/c1-3-7-15-11(5-1)13-9-10-14-12-6-2-4-8-16(12)20-18(14)17(13)19-15;7-8-6-4-2-1-3-5-6;7-5-3-1-2-4-6(5)8;/h1-10,19-20H;1-4,8H,7H2;1-4H2;1H/q;+1;;. The first-order valence-corrected chi connectivity index (χ1v) is 12.0. The lowest BCUT2D eigenvalue weighted by Crippen LogP contribution is -2.20. The molecule has 7 heteroatoms. The van der Waals surface area contributed by atoms with Crippen LogP contribution in [0.15, 0.2) is 90.7 Å². The summed E-state index contributed by atoms with van der Waals surface area (Å²) in [5, 5.41) is 5.12. The molecule has 2 aromatic heterocycles. The van der Waals surface area contributed by atoms with E-state index in [9.17, 15) is 9.59 Å². The summed E-state index contributed by atoms with van der Waals surface area (Å²) in [5.41, 5.74) is 8.05. The number of hydrazine groups is 1. The maximum absolute atomic E-state index is 10.4. The predicted molar refractivity (Wildman–Crippen MR) is 153 cm³/mol. The molecule has 2 aliphatic carbocycles. The van der Waals surface area contributed by atoms with E-state index in [0.717, 1.165) is 18.5 Å². The summed E-state index contributed by atoms with van der Waals surface area (Å²) in [5.74, 6) is 4.73. The zero-order valence-corrected chi connectivity index (χ0v) is 21.0. The molecule has 1 saturated carbocycles. The second kappa shape index (κ2) is 11.7. The molecule has 2 aliphatic rings. The highest BCUT2D eigenvalue weighted by atomic mass is 35.5. The summed E-state index contributed by atoms with van der Waals surface area (Å²) in [4.78, 5) is 28.0. The molecule has 0 radical (unpaired) electrons. The molecule has 0 saturated heterocycles. The number of Topliss-reactive ketones (excluding diaryl/α,β-unsaturated/α-hetero) is 2. The van der Waals surface area contributed by atoms with Gasteiger partial charge in [0, 0.05) is 51.5 Å². The fourth-order valence-corrected chi connectivity index (χ4v) is 4.57. The lowest BCUT2D eigenvalue weighted by atomic mass is 9.98. The van der Waals surface area contributed by atoms with Crippen LogP contribution in [0.25, 0.3) is 43.6 Å². The zero-order chi connectivity index (χ0) is 24.9. The van der Waals surface area contributed by atoms with E-state index in [0.29, 0.717) is 12.8 Å². The molecule has 0 amide bonds. The molecule has 0 atom stereocenters. The second-order valence-corrected chi connectivity index (χ2v) is 8.73. The second-order valence-electron chi connectivity index (χ2n) is 8.73. The van der Waals surface area contributed by atoms with Crippen LogP contribution in [0.4, 0.5) is 0 Å². The van der Waals surface area contributed by atoms with Crippen molar-refractivity contribution < 1.29 is 9.59 Å². The van der Waals surface area contributed by atoms with Crippen molar-refractivity contribution in [3.05, 3.63) is 96.7 Å². The van der Waals surface area contributed by atoms with Gasteiger partial charge in [0.05, 0.1) is 29.3 Å². The van der Waals surface area contributed by atoms with Crippen LogP contribution in [0, 0.1) is 6.08 Å². The van der Waals surface area contributed by atoms with E-state index in [-0.39, 0.29) is 24.0 Å². The summed E-state index contributed by atoms with van der Waals surface area (Å²) in [6, 6.07) is 21.3. The van der Waals surface area contributed by atoms with E-state index in [1.54, 1.807) is 6.08 Å². The average molecular weight is 512 g/mol. The summed E-state index contributed by atoms with van der Waals surface area (Å²) >= 11 is 0. The normalized spacial score (nSPS) is 14.4. The number of fused-ring (bicyclic) bond motifs is 7. The van der Waals surface area contributed by atoms with Crippen LogP contribution in [-0.4, -0.2) is 21.5 Å². The van der Waals surface area contributed by atoms with Crippen LogP contribution in [0.1, 0.15) is 25.7 Å². The third-order valence-electron chi connectivity index (χ3n) is 6.39. The average Bonchev–Trinajstić information content (AvgIpc) is 3.50. The largest absolute Gasteiger partial charge is 0.353 e. The Morgan fingerprint density at radius 1 is 0.703 bits per heavy atom. The molecular formula is C30H28ClN4O2+. The van der Waals surface area contributed by atoms with Gasteiger partial charge in [-0.25, -0.2) is 5.84 Å². The Bertz CT molecular complexity index is 1570. The Balaban J connectivity index is 0.000000157. The number of carbonyl (C=O) groups excluding carboxylic acids is 2. The van der Waals surface area contributed by atoms with Gasteiger partial charge in [-0.3, -0.25) is 15.0 Å². The minimum Gasteiger partial charge on any atom is -0.353 e. The number of hydrogen-bond donors (Lipinski definition) is 4. The Morgan fingerprint density at radius 2 is 1.22 bits per heavy atom. The Labute approximate surface area is 220 Å². The van der Waals surface area contributed by atoms with Crippen molar-refractivity contribution in [2.24, 2.45) is 5.84 Å². The molecule has 7 rings (SSSR count). The molecule has 0 bridgehead atoms. The maximum Gasteiger partial charge on any atom is 0.216 e. The van der Waals surface area contributed by atoms with E-state index in [2.05, 4.69) is 82.1 Å². The van der Waals surface area contributed by atoms with Gasteiger partial charge in [-0.2, -0.15) is 0 Å². The topological polar surface area (TPSA) is 104 Å². The number of carbonyl (C=O) groups is 2. The number of benzene rings is 3. The number of rotatable bonds is 1. The van der Waals surface area contributed by atoms with E-state index in [4.69, 9.17) is 5.84 Å². The highest BCUT2D eigenvalue weighted by molar-refractivity contribution is 6.37. The lowest BCUT2D eigenvalue weighted by molar-refractivity contribution is -0.137. The number of aromatic amines is 2. The van der Waals surface area contributed by atoms with Crippen LogP contribution in [-0.2, 0) is 9.59 Å². The maximum atomic E-state index is 10.4. The molecule has 6 nitrogen and oxygen atoms in total. The first-order valence-electron chi connectivity index (χ1n) is 12.0. The number of allylic oxidation sites excluding steroid dienone is 5. The molecule has 37 heavy (non-hydrogen) atoms. The first-order chi connectivity index (χ1) is 17.7. The minimum atomic E-state index is -0.170. The number of hydrogen-bond acceptors (Lipinski definition) is 4. The van der Waals surface area contributed by atoms with Crippen molar-refractivity contribution in [2.75, 3.05) is 0 Å². The summed E-state index contributed by atoms with van der Waals surface area (Å²) in [6.45, 7) is 0. The Morgan fingerprint density at radius 3 is 1.62 bits per heavy atom. The lowest BCUT2D eigenvalue weighted by Gasteiger charge is -2.04. The monoisotopic (exact) mass is 511 g/mol. The molecule has 2 heterocycles. The number of aromatic nitrogens is 2. The van der Waals surface area contributed by atoms with Gasteiger partial charge in [-0.15, -0.1) is 12.4 Å². The van der Waals surface area contributed by atoms with Crippen LogP contribution in [0.5, 0.6) is 0 Å². The van der Waals surface area contributed by atoms with E-state index in [1.807, 2.05) is 18.2 Å². The van der Waals surface area contributed by atoms with Gasteiger partial charge in [0.1, 0.15) is 6.08 Å². The number of H-pyrrole nitrogens is 2. The quantitative estimate of drug-likeness (QED) is 0.0912. The van der Waals surface area contributed by atoms with Gasteiger partial charge in [-0.1, -0.05) is 48.5 Å². The summed E-state index contributed by atoms with van der Waals surface area (Å²) in [6.07, 6.45) is 13.1. The van der Waals surface area contributed by atoms with E-state index < -0.39 is 0 Å². The van der Waals surface area contributed by atoms with Crippen molar-refractivity contribution in [2.45, 2.75) is 25.7 Å². The number of halogens is 1. The van der Waals surface area contributed by atoms with Gasteiger partial charge >= 0.3 is 0 Å². The number of ketones is 2. The minimum absolute atomic E-state index is 0. The van der Waals surface area contributed by atoms with E-state index >= 15 is 0 Å². The van der Waals surface area contributed by atoms with Gasteiger partial charge in [-0.05, 0) is 25.0 Å². The SMILES string of the molecule is Cl.NNC1=CC=CC=[C+]1.O=C1CCCCC1=O.c1ccc2c(c1)[nH]c1c2ccc2c3ccccc3[nH]c21. The van der Waals surface area contributed by atoms with Gasteiger partial charge in [0.15, 0.2) is 11.6 Å². The fourth-order valence-electron chi connectivity index (χ4n) is 4.57. The molecule has 1 fully saturated rings. The molecule has 0 unspecified atom stereocenters. The van der Waals surface area contributed by atoms with Gasteiger partial charge < -0.3 is 9.97 Å². The fraction of sp³-hybridized carbons (Fsp3) is 0.133. The van der Waals surface area contributed by atoms with Crippen molar-refractivity contribution in [1.29, 1.82) is 0 Å². The number of nitrogens with two attached hydrogens (primary N) is 1. The molecule has 5 aromatic rings. The smallest absolute Gasteiger partial charge is 0.216 e. The van der Waals surface area contributed by atoms with Crippen molar-refractivity contribution >= 4 is 67.6 Å². The van der Waals surface area contributed by atoms with Crippen LogP contribution >= 0.6 is 12.4 Å². The van der Waals surface area contributed by atoms with Crippen molar-refractivity contribution in [3.63, 3.8) is 0 Å². The van der Waals surface area contributed by atoms with Gasteiger partial charge in [0.2, 0.25) is 5.70 Å². The highest BCUT2D eigenvalue weighted by Gasteiger charge is 2.17. The molecule has 0 spiro atoms. The molecular weight excluding hydrogens is 484 g/mol. The van der Waals surface area contributed by atoms with Crippen LogP contribution < -0.4 is 11.3 Å². The van der Waals surface area contributed by atoms with Gasteiger partial charge in [0.25, 0.3) is 0 Å². The Hall–Kier alpha value is -4.22. The number of nitrogens with one attached hydrogen (secondary N) is 3. The molecule has 3 aromatic carbocycles. The molecule has 186 valence electrons. The molecule has 0 aliphatic heterocycles. The predicted octanol–water partition coefficient (Wildman–Crippen LogP) is 6.34. The van der Waals surface area contributed by atoms with Crippen molar-refractivity contribution in [3.8, 4) is 0 Å².